The van der Waals surface area contributed by atoms with Crippen LogP contribution in [0.5, 0.6) is 0 Å². The van der Waals surface area contributed by atoms with E-state index in [1.165, 1.54) is 5.56 Å². The summed E-state index contributed by atoms with van der Waals surface area (Å²) in [5, 5.41) is 10.9. The molecule has 1 N–H and O–H groups in total. The minimum absolute atomic E-state index is 0.144. The van der Waals surface area contributed by atoms with Crippen LogP contribution < -0.4 is 4.90 Å². The second-order valence-corrected chi connectivity index (χ2v) is 5.46. The lowest BCUT2D eigenvalue weighted by Crippen LogP contribution is -2.31. The van der Waals surface area contributed by atoms with Gasteiger partial charge in [-0.2, -0.15) is 0 Å². The molecule has 2 aromatic carbocycles. The molecule has 0 aliphatic carbocycles. The van der Waals surface area contributed by atoms with Gasteiger partial charge in [0, 0.05) is 25.2 Å². The van der Waals surface area contributed by atoms with Gasteiger partial charge in [-0.15, -0.1) is 0 Å². The van der Waals surface area contributed by atoms with Crippen LogP contribution in [0.2, 0.25) is 0 Å². The average molecular weight is 294 g/mol. The minimum atomic E-state index is -0.347. The normalized spacial score (nSPS) is 14.1. The lowest BCUT2D eigenvalue weighted by Gasteiger charge is -2.28. The van der Waals surface area contributed by atoms with Crippen LogP contribution in [0.15, 0.2) is 42.5 Å². The molecule has 1 aliphatic rings. The Labute approximate surface area is 126 Å². The number of aromatic nitrogens is 2. The van der Waals surface area contributed by atoms with Gasteiger partial charge < -0.3 is 9.88 Å². The first kappa shape index (κ1) is 12.8. The van der Waals surface area contributed by atoms with Gasteiger partial charge in [0.1, 0.15) is 0 Å². The summed E-state index contributed by atoms with van der Waals surface area (Å²) in [5.41, 5.74) is 4.26. The van der Waals surface area contributed by atoms with E-state index in [0.717, 1.165) is 35.5 Å². The van der Waals surface area contributed by atoms with Crippen molar-refractivity contribution in [3.05, 3.63) is 63.7 Å². The number of anilines is 1. The second kappa shape index (κ2) is 4.84. The highest BCUT2D eigenvalue weighted by molar-refractivity contribution is 5.77. The number of hydrogen-bond donors (Lipinski definition) is 1. The van der Waals surface area contributed by atoms with E-state index in [0.29, 0.717) is 6.54 Å². The molecule has 4 rings (SSSR count). The molecular weight excluding hydrogens is 280 g/mol. The third-order valence-corrected chi connectivity index (χ3v) is 4.09. The second-order valence-electron chi connectivity index (χ2n) is 5.46. The van der Waals surface area contributed by atoms with Crippen LogP contribution in [0.3, 0.4) is 0 Å². The first-order valence-corrected chi connectivity index (χ1v) is 7.16. The van der Waals surface area contributed by atoms with E-state index in [9.17, 15) is 10.1 Å². The minimum Gasteiger partial charge on any atom is -0.338 e. The number of non-ortho nitro benzene ring substituents is 1. The highest BCUT2D eigenvalue weighted by atomic mass is 16.6. The van der Waals surface area contributed by atoms with Crippen LogP contribution in [0, 0.1) is 10.1 Å². The van der Waals surface area contributed by atoms with Crippen LogP contribution in [0.25, 0.3) is 11.0 Å². The van der Waals surface area contributed by atoms with E-state index in [1.807, 2.05) is 30.3 Å². The number of nitrogens with zero attached hydrogens (tertiary/aromatic N) is 3. The Morgan fingerprint density at radius 1 is 1.18 bits per heavy atom. The van der Waals surface area contributed by atoms with Crippen LogP contribution in [0.4, 0.5) is 11.6 Å². The zero-order chi connectivity index (χ0) is 15.1. The Bertz CT molecular complexity index is 838. The van der Waals surface area contributed by atoms with Crippen LogP contribution >= 0.6 is 0 Å². The Morgan fingerprint density at radius 2 is 2.05 bits per heavy atom. The fraction of sp³-hybridized carbons (Fsp3) is 0.188. The number of hydrogen-bond acceptors (Lipinski definition) is 4. The number of fused-ring (bicyclic) bond motifs is 2. The molecule has 3 aromatic rings. The molecule has 0 spiro atoms. The summed E-state index contributed by atoms with van der Waals surface area (Å²) in [6, 6.07) is 13.0. The van der Waals surface area contributed by atoms with Gasteiger partial charge in [-0.1, -0.05) is 18.2 Å². The number of benzene rings is 2. The van der Waals surface area contributed by atoms with Crippen molar-refractivity contribution < 1.29 is 4.92 Å². The third-order valence-electron chi connectivity index (χ3n) is 4.09. The van der Waals surface area contributed by atoms with Gasteiger partial charge in [0.25, 0.3) is 5.69 Å². The molecule has 2 heterocycles. The maximum absolute atomic E-state index is 10.9. The lowest BCUT2D eigenvalue weighted by atomic mass is 9.99. The summed E-state index contributed by atoms with van der Waals surface area (Å²) >= 11 is 0. The molecule has 0 atom stereocenters. The number of aromatic amines is 1. The first-order valence-electron chi connectivity index (χ1n) is 7.16. The molecule has 22 heavy (non-hydrogen) atoms. The maximum atomic E-state index is 10.9. The average Bonchev–Trinajstić information content (AvgIpc) is 2.97. The maximum Gasteiger partial charge on any atom is 0.269 e. The fourth-order valence-electron chi connectivity index (χ4n) is 2.93. The molecule has 6 heteroatoms. The summed E-state index contributed by atoms with van der Waals surface area (Å²) < 4.78 is 0. The van der Waals surface area contributed by atoms with E-state index < -0.39 is 0 Å². The van der Waals surface area contributed by atoms with Crippen molar-refractivity contribution in [3.8, 4) is 0 Å². The molecule has 6 nitrogen and oxygen atoms in total. The van der Waals surface area contributed by atoms with Crippen molar-refractivity contribution in [2.24, 2.45) is 0 Å². The summed E-state index contributed by atoms with van der Waals surface area (Å²) in [6.45, 7) is 1.49. The molecule has 110 valence electrons. The van der Waals surface area contributed by atoms with E-state index in [2.05, 4.69) is 14.9 Å². The standard InChI is InChI=1S/C16H14N4O2/c21-20(22)13-6-5-11-7-8-19(10-12(11)9-13)16-17-14-3-1-2-4-15(14)18-16/h1-6,9H,7-8,10H2,(H,17,18). The topological polar surface area (TPSA) is 75.1 Å². The Morgan fingerprint density at radius 3 is 2.86 bits per heavy atom. The Kier molecular flexibility index (Phi) is 2.82. The van der Waals surface area contributed by atoms with Crippen molar-refractivity contribution in [3.63, 3.8) is 0 Å². The van der Waals surface area contributed by atoms with Gasteiger partial charge in [-0.25, -0.2) is 4.98 Å². The zero-order valence-electron chi connectivity index (χ0n) is 11.8. The zero-order valence-corrected chi connectivity index (χ0v) is 11.8. The van der Waals surface area contributed by atoms with Gasteiger partial charge in [0.05, 0.1) is 16.0 Å². The van der Waals surface area contributed by atoms with Crippen molar-refractivity contribution in [2.45, 2.75) is 13.0 Å². The number of nitro benzene ring substituents is 1. The molecule has 0 unspecified atom stereocenters. The van der Waals surface area contributed by atoms with E-state index >= 15 is 0 Å². The first-order chi connectivity index (χ1) is 10.7. The Hall–Kier alpha value is -2.89. The molecular formula is C16H14N4O2. The smallest absolute Gasteiger partial charge is 0.269 e. The van der Waals surface area contributed by atoms with Gasteiger partial charge >= 0.3 is 0 Å². The SMILES string of the molecule is O=[N+]([O-])c1ccc2c(c1)CN(c1nc3ccccc3[nH]1)CC2. The van der Waals surface area contributed by atoms with Gasteiger partial charge in [0.15, 0.2) is 0 Å². The van der Waals surface area contributed by atoms with Crippen LogP contribution in [-0.4, -0.2) is 21.4 Å². The summed E-state index contributed by atoms with van der Waals surface area (Å²) in [7, 11) is 0. The predicted octanol–water partition coefficient (Wildman–Crippen LogP) is 3.03. The van der Waals surface area contributed by atoms with E-state index in [1.54, 1.807) is 12.1 Å². The quantitative estimate of drug-likeness (QED) is 0.582. The fourth-order valence-corrected chi connectivity index (χ4v) is 2.93. The molecule has 1 aliphatic heterocycles. The van der Waals surface area contributed by atoms with Crippen molar-refractivity contribution in [2.75, 3.05) is 11.4 Å². The predicted molar refractivity (Wildman–Crippen MR) is 83.9 cm³/mol. The van der Waals surface area contributed by atoms with E-state index in [-0.39, 0.29) is 10.6 Å². The van der Waals surface area contributed by atoms with Crippen molar-refractivity contribution >= 4 is 22.7 Å². The monoisotopic (exact) mass is 294 g/mol. The highest BCUT2D eigenvalue weighted by Crippen LogP contribution is 2.27. The molecule has 0 fully saturated rings. The van der Waals surface area contributed by atoms with Gasteiger partial charge in [0.2, 0.25) is 5.95 Å². The van der Waals surface area contributed by atoms with Crippen molar-refractivity contribution in [1.29, 1.82) is 0 Å². The number of nitrogens with one attached hydrogen (secondary N) is 1. The number of imidazole rings is 1. The lowest BCUT2D eigenvalue weighted by molar-refractivity contribution is -0.384. The molecule has 0 saturated heterocycles. The molecule has 0 radical (unpaired) electrons. The van der Waals surface area contributed by atoms with Crippen molar-refractivity contribution in [1.82, 2.24) is 9.97 Å². The van der Waals surface area contributed by atoms with Crippen LogP contribution in [0.1, 0.15) is 11.1 Å². The number of rotatable bonds is 2. The largest absolute Gasteiger partial charge is 0.338 e. The van der Waals surface area contributed by atoms with E-state index in [4.69, 9.17) is 0 Å². The highest BCUT2D eigenvalue weighted by Gasteiger charge is 2.21. The molecule has 0 saturated carbocycles. The van der Waals surface area contributed by atoms with Gasteiger partial charge in [-0.05, 0) is 29.7 Å². The Balaban J connectivity index is 1.68. The number of nitro groups is 1. The molecule has 1 aromatic heterocycles. The summed E-state index contributed by atoms with van der Waals surface area (Å²) in [6.07, 6.45) is 0.865. The van der Waals surface area contributed by atoms with Gasteiger partial charge in [-0.3, -0.25) is 10.1 Å². The third kappa shape index (κ3) is 2.09. The molecule has 0 bridgehead atoms. The summed E-state index contributed by atoms with van der Waals surface area (Å²) in [4.78, 5) is 20.6. The summed E-state index contributed by atoms with van der Waals surface area (Å²) in [5.74, 6) is 0.818. The van der Waals surface area contributed by atoms with Crippen LogP contribution in [-0.2, 0) is 13.0 Å². The molecule has 0 amide bonds. The number of para-hydroxylation sites is 2. The number of H-pyrrole nitrogens is 1.